The average Bonchev–Trinajstić information content (AvgIpc) is 2.32. The highest BCUT2D eigenvalue weighted by molar-refractivity contribution is 5.09. The first-order valence-corrected chi connectivity index (χ1v) is 5.86. The zero-order chi connectivity index (χ0) is 11.8. The van der Waals surface area contributed by atoms with Crippen LogP contribution in [-0.2, 0) is 0 Å². The summed E-state index contributed by atoms with van der Waals surface area (Å²) in [5.74, 6) is 0.767. The van der Waals surface area contributed by atoms with Gasteiger partial charge in [-0.15, -0.1) is 0 Å². The van der Waals surface area contributed by atoms with E-state index in [4.69, 9.17) is 0 Å². The molecule has 0 amide bonds. The summed E-state index contributed by atoms with van der Waals surface area (Å²) in [4.78, 5) is 3.78. The number of aromatic nitrogens is 1. The van der Waals surface area contributed by atoms with Gasteiger partial charge < -0.3 is 0 Å². The molecule has 0 bridgehead atoms. The van der Waals surface area contributed by atoms with Gasteiger partial charge in [-0.25, -0.2) is 0 Å². The van der Waals surface area contributed by atoms with Crippen LogP contribution in [-0.4, -0.2) is 4.98 Å². The van der Waals surface area contributed by atoms with Crippen molar-refractivity contribution in [2.45, 2.75) is 33.1 Å². The van der Waals surface area contributed by atoms with Gasteiger partial charge in [0.2, 0.25) is 0 Å². The molecule has 0 radical (unpaired) electrons. The lowest BCUT2D eigenvalue weighted by Gasteiger charge is -2.19. The van der Waals surface area contributed by atoms with E-state index in [0.29, 0.717) is 0 Å². The van der Waals surface area contributed by atoms with Gasteiger partial charge in [0.25, 0.3) is 0 Å². The Balaban J connectivity index is 0.000000181. The smallest absolute Gasteiger partial charge is 0.0267 e. The lowest BCUT2D eigenvalue weighted by Crippen LogP contribution is -2.04. The van der Waals surface area contributed by atoms with Crippen molar-refractivity contribution in [2.75, 3.05) is 0 Å². The van der Waals surface area contributed by atoms with Crippen molar-refractivity contribution >= 4 is 0 Å². The zero-order valence-corrected chi connectivity index (χ0v) is 10.3. The molecule has 1 aromatic rings. The summed E-state index contributed by atoms with van der Waals surface area (Å²) in [5, 5.41) is 0. The molecule has 1 nitrogen and oxygen atoms in total. The molecule has 0 aromatic carbocycles. The summed E-state index contributed by atoms with van der Waals surface area (Å²) in [5.41, 5.74) is 2.90. The van der Waals surface area contributed by atoms with E-state index in [9.17, 15) is 0 Å². The van der Waals surface area contributed by atoms with Crippen LogP contribution in [0.4, 0.5) is 0 Å². The summed E-state index contributed by atoms with van der Waals surface area (Å²) in [6.07, 6.45) is 9.67. The molecule has 1 aliphatic rings. The first-order valence-electron chi connectivity index (χ1n) is 5.86. The first kappa shape index (κ1) is 12.7. The highest BCUT2D eigenvalue weighted by Gasteiger charge is 2.11. The van der Waals surface area contributed by atoms with Gasteiger partial charge in [-0.3, -0.25) is 4.98 Å². The Kier molecular flexibility index (Phi) is 5.55. The molecule has 0 aliphatic heterocycles. The Morgan fingerprint density at radius 1 is 1.31 bits per heavy atom. The molecule has 1 aliphatic carbocycles. The van der Waals surface area contributed by atoms with E-state index in [-0.39, 0.29) is 0 Å². The maximum atomic E-state index is 3.97. The van der Waals surface area contributed by atoms with Crippen LogP contribution in [0.1, 0.15) is 33.1 Å². The lowest BCUT2D eigenvalue weighted by atomic mass is 9.86. The Bertz CT molecular complexity index is 311. The topological polar surface area (TPSA) is 12.9 Å². The van der Waals surface area contributed by atoms with Crippen LogP contribution in [0.2, 0.25) is 0 Å². The van der Waals surface area contributed by atoms with E-state index >= 15 is 0 Å². The largest absolute Gasteiger partial charge is 0.265 e. The van der Waals surface area contributed by atoms with Crippen LogP contribution in [0.5, 0.6) is 0 Å². The van der Waals surface area contributed by atoms with Crippen molar-refractivity contribution in [2.24, 2.45) is 5.92 Å². The van der Waals surface area contributed by atoms with E-state index in [0.717, 1.165) is 5.92 Å². The Labute approximate surface area is 98.9 Å². The molecule has 0 fully saturated rings. The maximum absolute atomic E-state index is 3.97. The third-order valence-electron chi connectivity index (χ3n) is 2.90. The van der Waals surface area contributed by atoms with Crippen molar-refractivity contribution in [3.05, 3.63) is 54.4 Å². The number of pyridine rings is 1. The predicted molar refractivity (Wildman–Crippen MR) is 70.1 cm³/mol. The third kappa shape index (κ3) is 4.92. The summed E-state index contributed by atoms with van der Waals surface area (Å²) >= 11 is 0. The molecule has 0 saturated heterocycles. The standard InChI is InChI=1S/C10H16.C5H5N/c1-8(2)10-6-4-9(3)5-7-10;1-2-4-6-5-3-1/h4,10H,1,5-7H2,2-3H3;1-5H. The average molecular weight is 215 g/mol. The predicted octanol–water partition coefficient (Wildman–Crippen LogP) is 4.39. The van der Waals surface area contributed by atoms with Gasteiger partial charge in [0.1, 0.15) is 0 Å². The van der Waals surface area contributed by atoms with Crippen LogP contribution in [0, 0.1) is 5.92 Å². The molecule has 1 heteroatoms. The summed E-state index contributed by atoms with van der Waals surface area (Å²) < 4.78 is 0. The number of rotatable bonds is 1. The minimum atomic E-state index is 0.767. The van der Waals surface area contributed by atoms with E-state index < -0.39 is 0 Å². The number of nitrogens with zero attached hydrogens (tertiary/aromatic N) is 1. The Hall–Kier alpha value is -1.37. The van der Waals surface area contributed by atoms with Gasteiger partial charge in [0.15, 0.2) is 0 Å². The quantitative estimate of drug-likeness (QED) is 0.633. The fourth-order valence-electron chi connectivity index (χ4n) is 1.73. The van der Waals surface area contributed by atoms with Crippen molar-refractivity contribution < 1.29 is 0 Å². The second-order valence-corrected chi connectivity index (χ2v) is 4.39. The molecule has 1 heterocycles. The molecular formula is C15H21N. The Morgan fingerprint density at radius 2 is 2.00 bits per heavy atom. The number of hydrogen-bond acceptors (Lipinski definition) is 1. The minimum Gasteiger partial charge on any atom is -0.265 e. The minimum absolute atomic E-state index is 0.767. The Morgan fingerprint density at radius 3 is 2.31 bits per heavy atom. The van der Waals surface area contributed by atoms with Crippen LogP contribution in [0.3, 0.4) is 0 Å². The van der Waals surface area contributed by atoms with E-state index in [1.165, 1.54) is 24.8 Å². The number of hydrogen-bond donors (Lipinski definition) is 0. The van der Waals surface area contributed by atoms with Crippen molar-refractivity contribution in [1.82, 2.24) is 4.98 Å². The lowest BCUT2D eigenvalue weighted by molar-refractivity contribution is 0.540. The van der Waals surface area contributed by atoms with E-state index in [1.54, 1.807) is 18.0 Å². The van der Waals surface area contributed by atoms with Crippen molar-refractivity contribution in [3.8, 4) is 0 Å². The summed E-state index contributed by atoms with van der Waals surface area (Å²) in [6, 6.07) is 5.72. The van der Waals surface area contributed by atoms with Crippen LogP contribution < -0.4 is 0 Å². The van der Waals surface area contributed by atoms with Crippen LogP contribution in [0.25, 0.3) is 0 Å². The van der Waals surface area contributed by atoms with Gasteiger partial charge in [0, 0.05) is 12.4 Å². The van der Waals surface area contributed by atoms with Gasteiger partial charge >= 0.3 is 0 Å². The number of allylic oxidation sites excluding steroid dienone is 3. The SMILES string of the molecule is C=C(C)C1CC=C(C)CC1.c1ccncc1. The molecule has 2 rings (SSSR count). The van der Waals surface area contributed by atoms with Gasteiger partial charge in [-0.05, 0) is 51.2 Å². The molecule has 0 saturated carbocycles. The van der Waals surface area contributed by atoms with Crippen LogP contribution >= 0.6 is 0 Å². The molecule has 16 heavy (non-hydrogen) atoms. The molecule has 1 atom stereocenters. The van der Waals surface area contributed by atoms with Gasteiger partial charge in [-0.2, -0.15) is 0 Å². The van der Waals surface area contributed by atoms with Gasteiger partial charge in [-0.1, -0.05) is 29.9 Å². The van der Waals surface area contributed by atoms with Gasteiger partial charge in [0.05, 0.1) is 0 Å². The normalized spacial score (nSPS) is 19.1. The summed E-state index contributed by atoms with van der Waals surface area (Å²) in [6.45, 7) is 8.33. The second kappa shape index (κ2) is 7.00. The summed E-state index contributed by atoms with van der Waals surface area (Å²) in [7, 11) is 0. The second-order valence-electron chi connectivity index (χ2n) is 4.39. The highest BCUT2D eigenvalue weighted by atomic mass is 14.6. The molecular weight excluding hydrogens is 194 g/mol. The monoisotopic (exact) mass is 215 g/mol. The van der Waals surface area contributed by atoms with Crippen molar-refractivity contribution in [1.29, 1.82) is 0 Å². The molecule has 1 unspecified atom stereocenters. The maximum Gasteiger partial charge on any atom is 0.0267 e. The fraction of sp³-hybridized carbons (Fsp3) is 0.400. The molecule has 1 aromatic heterocycles. The van der Waals surface area contributed by atoms with E-state index in [2.05, 4.69) is 31.5 Å². The zero-order valence-electron chi connectivity index (χ0n) is 10.3. The highest BCUT2D eigenvalue weighted by Crippen LogP contribution is 2.27. The first-order chi connectivity index (χ1) is 7.70. The molecule has 0 N–H and O–H groups in total. The van der Waals surface area contributed by atoms with Crippen LogP contribution in [0.15, 0.2) is 54.4 Å². The van der Waals surface area contributed by atoms with Crippen molar-refractivity contribution in [3.63, 3.8) is 0 Å². The molecule has 86 valence electrons. The fourth-order valence-corrected chi connectivity index (χ4v) is 1.73. The molecule has 0 spiro atoms. The van der Waals surface area contributed by atoms with E-state index in [1.807, 2.05) is 18.2 Å². The third-order valence-corrected chi connectivity index (χ3v) is 2.90.